The molecule has 1 saturated heterocycles. The summed E-state index contributed by atoms with van der Waals surface area (Å²) in [4.78, 5) is 2.61. The summed E-state index contributed by atoms with van der Waals surface area (Å²) < 4.78 is 1.21. The Morgan fingerprint density at radius 3 is 2.95 bits per heavy atom. The van der Waals surface area contributed by atoms with E-state index in [1.807, 2.05) is 0 Å². The molecule has 1 unspecified atom stereocenters. The molecule has 0 spiro atoms. The zero-order chi connectivity index (χ0) is 13.5. The molecule has 1 aromatic carbocycles. The molecule has 0 aromatic heterocycles. The van der Waals surface area contributed by atoms with Gasteiger partial charge in [0.25, 0.3) is 0 Å². The summed E-state index contributed by atoms with van der Waals surface area (Å²) >= 11 is 5.75. The average molecular weight is 343 g/mol. The van der Waals surface area contributed by atoms with E-state index in [0.717, 1.165) is 0 Å². The molecule has 0 amide bonds. The zero-order valence-corrected chi connectivity index (χ0v) is 14.0. The number of benzene rings is 1. The monoisotopic (exact) mass is 342 g/mol. The third-order valence-electron chi connectivity index (χ3n) is 3.68. The largest absolute Gasteiger partial charge is 0.313 e. The maximum Gasteiger partial charge on any atom is 0.0340 e. The van der Waals surface area contributed by atoms with Gasteiger partial charge in [-0.2, -0.15) is 11.8 Å². The van der Waals surface area contributed by atoms with Crippen molar-refractivity contribution in [2.75, 3.05) is 38.2 Å². The van der Waals surface area contributed by atoms with E-state index in [4.69, 9.17) is 0 Å². The lowest BCUT2D eigenvalue weighted by molar-refractivity contribution is 0.277. The molecule has 1 fully saturated rings. The van der Waals surface area contributed by atoms with Crippen LogP contribution in [0.25, 0.3) is 0 Å². The Morgan fingerprint density at radius 1 is 1.32 bits per heavy atom. The van der Waals surface area contributed by atoms with Crippen LogP contribution < -0.4 is 5.32 Å². The lowest BCUT2D eigenvalue weighted by atomic mass is 10.0. The molecule has 1 aromatic rings. The quantitative estimate of drug-likeness (QED) is 0.880. The maximum absolute atomic E-state index is 3.66. The van der Waals surface area contributed by atoms with Crippen molar-refractivity contribution in [3.05, 3.63) is 34.3 Å². The van der Waals surface area contributed by atoms with E-state index >= 15 is 0 Å². The van der Waals surface area contributed by atoms with Gasteiger partial charge in [-0.15, -0.1) is 0 Å². The van der Waals surface area contributed by atoms with Crippen LogP contribution in [0.5, 0.6) is 0 Å². The Labute approximate surface area is 129 Å². The minimum absolute atomic E-state index is 0.437. The van der Waals surface area contributed by atoms with E-state index < -0.39 is 0 Å². The first-order valence-corrected chi connectivity index (χ1v) is 8.98. The maximum atomic E-state index is 3.66. The van der Waals surface area contributed by atoms with Gasteiger partial charge in [0.2, 0.25) is 0 Å². The van der Waals surface area contributed by atoms with Crippen LogP contribution in [-0.2, 0) is 0 Å². The lowest BCUT2D eigenvalue weighted by Crippen LogP contribution is -2.30. The first kappa shape index (κ1) is 15.4. The molecule has 0 radical (unpaired) electrons. The van der Waals surface area contributed by atoms with Crippen molar-refractivity contribution in [1.29, 1.82) is 0 Å². The Hall–Kier alpha value is -0.0300. The van der Waals surface area contributed by atoms with Crippen molar-refractivity contribution in [2.24, 2.45) is 0 Å². The van der Waals surface area contributed by atoms with Gasteiger partial charge in [0.15, 0.2) is 0 Å². The highest BCUT2D eigenvalue weighted by Crippen LogP contribution is 2.25. The molecule has 0 aliphatic carbocycles. The molecule has 2 nitrogen and oxygen atoms in total. The minimum Gasteiger partial charge on any atom is -0.313 e. The summed E-state index contributed by atoms with van der Waals surface area (Å²) in [6.07, 6.45) is 2.51. The predicted molar refractivity (Wildman–Crippen MR) is 88.9 cm³/mol. The van der Waals surface area contributed by atoms with Gasteiger partial charge in [0.1, 0.15) is 0 Å². The summed E-state index contributed by atoms with van der Waals surface area (Å²) in [7, 11) is 2.06. The molecule has 106 valence electrons. The summed E-state index contributed by atoms with van der Waals surface area (Å²) in [6.45, 7) is 3.70. The fourth-order valence-corrected chi connectivity index (χ4v) is 4.03. The van der Waals surface area contributed by atoms with Crippen molar-refractivity contribution >= 4 is 27.7 Å². The molecule has 1 atom stereocenters. The highest BCUT2D eigenvalue weighted by molar-refractivity contribution is 9.10. The summed E-state index contributed by atoms with van der Waals surface area (Å²) in [5.41, 5.74) is 1.37. The summed E-state index contributed by atoms with van der Waals surface area (Å²) in [5.74, 6) is 2.62. The third-order valence-corrected chi connectivity index (χ3v) is 5.45. The normalized spacial score (nSPS) is 19.1. The van der Waals surface area contributed by atoms with E-state index in [-0.39, 0.29) is 0 Å². The van der Waals surface area contributed by atoms with Crippen LogP contribution in [0.4, 0.5) is 0 Å². The number of halogens is 1. The number of rotatable bonds is 5. The van der Waals surface area contributed by atoms with Gasteiger partial charge in [-0.3, -0.25) is 0 Å². The Bertz CT molecular complexity index is 378. The van der Waals surface area contributed by atoms with Crippen molar-refractivity contribution in [1.82, 2.24) is 10.2 Å². The molecule has 1 heterocycles. The second-order valence-corrected chi connectivity index (χ2v) is 7.04. The molecular weight excluding hydrogens is 320 g/mol. The zero-order valence-electron chi connectivity index (χ0n) is 11.6. The molecule has 2 rings (SSSR count). The Morgan fingerprint density at radius 2 is 2.16 bits per heavy atom. The van der Waals surface area contributed by atoms with Crippen LogP contribution >= 0.6 is 27.7 Å². The van der Waals surface area contributed by atoms with Crippen LogP contribution in [-0.4, -0.2) is 43.1 Å². The minimum atomic E-state index is 0.437. The topological polar surface area (TPSA) is 15.3 Å². The van der Waals surface area contributed by atoms with Crippen molar-refractivity contribution in [2.45, 2.75) is 18.9 Å². The van der Waals surface area contributed by atoms with Crippen LogP contribution in [0.1, 0.15) is 24.4 Å². The van der Waals surface area contributed by atoms with Gasteiger partial charge in [-0.1, -0.05) is 34.1 Å². The van der Waals surface area contributed by atoms with E-state index in [0.29, 0.717) is 6.04 Å². The molecule has 0 saturated carbocycles. The van der Waals surface area contributed by atoms with Crippen LogP contribution in [0, 0.1) is 0 Å². The second kappa shape index (κ2) is 8.30. The van der Waals surface area contributed by atoms with E-state index in [2.05, 4.69) is 69.2 Å². The number of hydrogen-bond donors (Lipinski definition) is 1. The predicted octanol–water partition coefficient (Wildman–Crippen LogP) is 3.54. The average Bonchev–Trinajstić information content (AvgIpc) is 2.70. The molecule has 0 bridgehead atoms. The van der Waals surface area contributed by atoms with Crippen molar-refractivity contribution < 1.29 is 0 Å². The van der Waals surface area contributed by atoms with Gasteiger partial charge in [0.05, 0.1) is 0 Å². The highest BCUT2D eigenvalue weighted by atomic mass is 79.9. The standard InChI is InChI=1S/C15H23BrN2S/c1-17-15(13-5-2-3-6-14(13)16)7-9-18-8-4-11-19-12-10-18/h2-3,5-6,15,17H,4,7-12H2,1H3. The van der Waals surface area contributed by atoms with Crippen LogP contribution in [0.2, 0.25) is 0 Å². The fraction of sp³-hybridized carbons (Fsp3) is 0.600. The van der Waals surface area contributed by atoms with E-state index in [9.17, 15) is 0 Å². The van der Waals surface area contributed by atoms with Crippen LogP contribution in [0.15, 0.2) is 28.7 Å². The third kappa shape index (κ3) is 4.78. The first-order chi connectivity index (χ1) is 9.31. The van der Waals surface area contributed by atoms with Crippen molar-refractivity contribution in [3.63, 3.8) is 0 Å². The van der Waals surface area contributed by atoms with Gasteiger partial charge < -0.3 is 10.2 Å². The smallest absolute Gasteiger partial charge is 0.0340 e. The fourth-order valence-electron chi connectivity index (χ4n) is 2.55. The van der Waals surface area contributed by atoms with E-state index in [1.54, 1.807) is 0 Å². The van der Waals surface area contributed by atoms with Gasteiger partial charge in [-0.05, 0) is 50.4 Å². The molecule has 4 heteroatoms. The van der Waals surface area contributed by atoms with Gasteiger partial charge >= 0.3 is 0 Å². The number of nitrogens with zero attached hydrogens (tertiary/aromatic N) is 1. The number of nitrogens with one attached hydrogen (secondary N) is 1. The Kier molecular flexibility index (Phi) is 6.71. The number of hydrogen-bond acceptors (Lipinski definition) is 3. The SMILES string of the molecule is CNC(CCN1CCCSCC1)c1ccccc1Br. The van der Waals surface area contributed by atoms with Crippen molar-refractivity contribution in [3.8, 4) is 0 Å². The molecule has 1 aliphatic rings. The summed E-state index contributed by atoms with van der Waals surface area (Å²) in [6, 6.07) is 8.97. The summed E-state index contributed by atoms with van der Waals surface area (Å²) in [5, 5.41) is 3.45. The van der Waals surface area contributed by atoms with Gasteiger partial charge in [-0.25, -0.2) is 0 Å². The molecule has 1 N–H and O–H groups in total. The van der Waals surface area contributed by atoms with Gasteiger partial charge in [0, 0.05) is 22.8 Å². The molecule has 1 aliphatic heterocycles. The van der Waals surface area contributed by atoms with Crippen LogP contribution in [0.3, 0.4) is 0 Å². The van der Waals surface area contributed by atoms with E-state index in [1.165, 1.54) is 54.0 Å². The first-order valence-electron chi connectivity index (χ1n) is 7.03. The Balaban J connectivity index is 1.90. The second-order valence-electron chi connectivity index (χ2n) is 4.96. The molecule has 19 heavy (non-hydrogen) atoms. The number of thioether (sulfide) groups is 1. The lowest BCUT2D eigenvalue weighted by Gasteiger charge is -2.24. The molecular formula is C15H23BrN2S. The highest BCUT2D eigenvalue weighted by Gasteiger charge is 2.15.